The molecule has 1 amide bonds. The maximum absolute atomic E-state index is 13.0. The van der Waals surface area contributed by atoms with E-state index in [4.69, 9.17) is 4.98 Å². The first kappa shape index (κ1) is 16.5. The fraction of sp³-hybridized carbons (Fsp3) is 0.625. The van der Waals surface area contributed by atoms with E-state index in [0.29, 0.717) is 49.7 Å². The van der Waals surface area contributed by atoms with Crippen molar-refractivity contribution in [3.05, 3.63) is 16.0 Å². The molecule has 0 aromatic carbocycles. The predicted octanol–water partition coefficient (Wildman–Crippen LogP) is 0.517. The first-order valence-corrected chi connectivity index (χ1v) is 8.38. The number of aryl methyl sites for hydroxylation is 2. The minimum atomic E-state index is -0.0473. The van der Waals surface area contributed by atoms with E-state index in [0.717, 1.165) is 12.1 Å². The second-order valence-electron chi connectivity index (χ2n) is 6.27. The van der Waals surface area contributed by atoms with Gasteiger partial charge in [-0.25, -0.2) is 4.98 Å². The standard InChI is InChI=1S/C16H24N6O2/c1-5-6-22-15(24)14-13(11(2)18-19(14)4)17-16(22)21-9-7-20(8-10-21)12(3)23/h5-10H2,1-4H3. The third-order valence-corrected chi connectivity index (χ3v) is 4.55. The monoisotopic (exact) mass is 332 g/mol. The Labute approximate surface area is 140 Å². The van der Waals surface area contributed by atoms with Crippen LogP contribution >= 0.6 is 0 Å². The number of carbonyl (C=O) groups is 1. The summed E-state index contributed by atoms with van der Waals surface area (Å²) >= 11 is 0. The fourth-order valence-electron chi connectivity index (χ4n) is 3.29. The summed E-state index contributed by atoms with van der Waals surface area (Å²) in [5.74, 6) is 0.778. The number of hydrogen-bond acceptors (Lipinski definition) is 5. The van der Waals surface area contributed by atoms with Gasteiger partial charge in [0.15, 0.2) is 5.52 Å². The fourth-order valence-corrected chi connectivity index (χ4v) is 3.29. The van der Waals surface area contributed by atoms with E-state index < -0.39 is 0 Å². The SMILES string of the molecule is CCCn1c(N2CCN(C(C)=O)CC2)nc2c(C)nn(C)c2c1=O. The lowest BCUT2D eigenvalue weighted by Crippen LogP contribution is -2.49. The van der Waals surface area contributed by atoms with Crippen molar-refractivity contribution in [3.63, 3.8) is 0 Å². The largest absolute Gasteiger partial charge is 0.339 e. The number of anilines is 1. The number of fused-ring (bicyclic) bond motifs is 1. The molecule has 2 aromatic rings. The second-order valence-corrected chi connectivity index (χ2v) is 6.27. The van der Waals surface area contributed by atoms with Gasteiger partial charge in [-0.2, -0.15) is 5.10 Å². The predicted molar refractivity (Wildman–Crippen MR) is 92.3 cm³/mol. The molecule has 0 spiro atoms. The van der Waals surface area contributed by atoms with Crippen LogP contribution in [0, 0.1) is 6.92 Å². The lowest BCUT2D eigenvalue weighted by atomic mass is 10.3. The number of aromatic nitrogens is 4. The van der Waals surface area contributed by atoms with Gasteiger partial charge in [0, 0.05) is 46.7 Å². The lowest BCUT2D eigenvalue weighted by Gasteiger charge is -2.35. The maximum atomic E-state index is 13.0. The van der Waals surface area contributed by atoms with E-state index in [9.17, 15) is 9.59 Å². The van der Waals surface area contributed by atoms with Gasteiger partial charge in [0.05, 0.1) is 5.69 Å². The second kappa shape index (κ2) is 6.26. The van der Waals surface area contributed by atoms with E-state index in [-0.39, 0.29) is 11.5 Å². The zero-order valence-electron chi connectivity index (χ0n) is 14.7. The van der Waals surface area contributed by atoms with Gasteiger partial charge in [-0.05, 0) is 13.3 Å². The van der Waals surface area contributed by atoms with Crippen LogP contribution < -0.4 is 10.5 Å². The first-order chi connectivity index (χ1) is 11.4. The maximum Gasteiger partial charge on any atom is 0.281 e. The molecule has 0 N–H and O–H groups in total. The minimum absolute atomic E-state index is 0.0473. The van der Waals surface area contributed by atoms with Crippen molar-refractivity contribution < 1.29 is 4.79 Å². The van der Waals surface area contributed by atoms with Crippen LogP contribution in [0.2, 0.25) is 0 Å². The molecule has 8 heteroatoms. The Morgan fingerprint density at radius 2 is 1.88 bits per heavy atom. The molecule has 0 atom stereocenters. The van der Waals surface area contributed by atoms with Crippen molar-refractivity contribution in [1.29, 1.82) is 0 Å². The Hall–Kier alpha value is -2.38. The number of carbonyl (C=O) groups excluding carboxylic acids is 1. The Morgan fingerprint density at radius 3 is 2.46 bits per heavy atom. The van der Waals surface area contributed by atoms with E-state index in [1.807, 2.05) is 18.7 Å². The zero-order chi connectivity index (χ0) is 17.4. The molecule has 8 nitrogen and oxygen atoms in total. The van der Waals surface area contributed by atoms with Crippen LogP contribution in [0.4, 0.5) is 5.95 Å². The van der Waals surface area contributed by atoms with Crippen LogP contribution in [0.25, 0.3) is 11.0 Å². The van der Waals surface area contributed by atoms with E-state index >= 15 is 0 Å². The van der Waals surface area contributed by atoms with Crippen LogP contribution in [-0.2, 0) is 18.4 Å². The molecule has 1 aliphatic heterocycles. The van der Waals surface area contributed by atoms with Crippen molar-refractivity contribution in [2.24, 2.45) is 7.05 Å². The smallest absolute Gasteiger partial charge is 0.281 e. The van der Waals surface area contributed by atoms with Crippen LogP contribution in [0.5, 0.6) is 0 Å². The number of nitrogens with zero attached hydrogens (tertiary/aromatic N) is 6. The summed E-state index contributed by atoms with van der Waals surface area (Å²) in [5.41, 5.74) is 1.93. The quantitative estimate of drug-likeness (QED) is 0.819. The highest BCUT2D eigenvalue weighted by Crippen LogP contribution is 2.19. The molecule has 3 heterocycles. The number of rotatable bonds is 3. The van der Waals surface area contributed by atoms with Crippen LogP contribution in [0.15, 0.2) is 4.79 Å². The lowest BCUT2D eigenvalue weighted by molar-refractivity contribution is -0.129. The Morgan fingerprint density at radius 1 is 1.21 bits per heavy atom. The topological polar surface area (TPSA) is 76.3 Å². The van der Waals surface area contributed by atoms with Gasteiger partial charge >= 0.3 is 0 Å². The molecule has 0 aliphatic carbocycles. The van der Waals surface area contributed by atoms with Gasteiger partial charge in [-0.15, -0.1) is 0 Å². The molecule has 2 aromatic heterocycles. The zero-order valence-corrected chi connectivity index (χ0v) is 14.7. The highest BCUT2D eigenvalue weighted by Gasteiger charge is 2.24. The summed E-state index contributed by atoms with van der Waals surface area (Å²) in [7, 11) is 1.78. The molecule has 1 aliphatic rings. The summed E-state index contributed by atoms with van der Waals surface area (Å²) < 4.78 is 3.36. The van der Waals surface area contributed by atoms with Crippen molar-refractivity contribution in [1.82, 2.24) is 24.2 Å². The minimum Gasteiger partial charge on any atom is -0.339 e. The third-order valence-electron chi connectivity index (χ3n) is 4.55. The van der Waals surface area contributed by atoms with E-state index in [1.54, 1.807) is 23.2 Å². The number of amides is 1. The summed E-state index contributed by atoms with van der Waals surface area (Å²) in [4.78, 5) is 33.2. The molecule has 0 radical (unpaired) electrons. The molecule has 3 rings (SSSR count). The highest BCUT2D eigenvalue weighted by molar-refractivity contribution is 5.78. The molecule has 1 saturated heterocycles. The van der Waals surface area contributed by atoms with Crippen LogP contribution in [-0.4, -0.2) is 56.3 Å². The summed E-state index contributed by atoms with van der Waals surface area (Å²) in [6.07, 6.45) is 0.852. The average Bonchev–Trinajstić information content (AvgIpc) is 2.84. The van der Waals surface area contributed by atoms with Crippen LogP contribution in [0.3, 0.4) is 0 Å². The molecule has 0 bridgehead atoms. The third kappa shape index (κ3) is 2.65. The summed E-state index contributed by atoms with van der Waals surface area (Å²) in [5, 5.41) is 4.34. The Kier molecular flexibility index (Phi) is 4.29. The summed E-state index contributed by atoms with van der Waals surface area (Å²) in [6, 6.07) is 0. The molecular weight excluding hydrogens is 308 g/mol. The number of hydrogen-bond donors (Lipinski definition) is 0. The average molecular weight is 332 g/mol. The van der Waals surface area contributed by atoms with Gasteiger partial charge in [-0.3, -0.25) is 18.8 Å². The van der Waals surface area contributed by atoms with Crippen molar-refractivity contribution in [3.8, 4) is 0 Å². The molecule has 130 valence electrons. The normalized spacial score (nSPS) is 15.3. The summed E-state index contributed by atoms with van der Waals surface area (Å²) in [6.45, 7) is 8.79. The molecular formula is C16H24N6O2. The Balaban J connectivity index is 2.07. The van der Waals surface area contributed by atoms with Gasteiger partial charge < -0.3 is 9.80 Å². The van der Waals surface area contributed by atoms with Crippen molar-refractivity contribution in [2.75, 3.05) is 31.1 Å². The first-order valence-electron chi connectivity index (χ1n) is 8.38. The molecule has 24 heavy (non-hydrogen) atoms. The molecule has 0 saturated carbocycles. The van der Waals surface area contributed by atoms with Gasteiger partial charge in [0.2, 0.25) is 11.9 Å². The van der Waals surface area contributed by atoms with E-state index in [2.05, 4.69) is 10.00 Å². The van der Waals surface area contributed by atoms with Gasteiger partial charge in [0.25, 0.3) is 5.56 Å². The van der Waals surface area contributed by atoms with Gasteiger partial charge in [0.1, 0.15) is 5.52 Å². The number of piperazine rings is 1. The van der Waals surface area contributed by atoms with Gasteiger partial charge in [-0.1, -0.05) is 6.92 Å². The molecule has 0 unspecified atom stereocenters. The Bertz CT molecular complexity index is 829. The van der Waals surface area contributed by atoms with E-state index in [1.165, 1.54) is 0 Å². The molecule has 1 fully saturated rings. The van der Waals surface area contributed by atoms with Crippen molar-refractivity contribution >= 4 is 22.9 Å². The van der Waals surface area contributed by atoms with Crippen molar-refractivity contribution in [2.45, 2.75) is 33.7 Å². The highest BCUT2D eigenvalue weighted by atomic mass is 16.2. The van der Waals surface area contributed by atoms with Crippen LogP contribution in [0.1, 0.15) is 26.0 Å².